The van der Waals surface area contributed by atoms with E-state index in [-0.39, 0.29) is 24.5 Å². The summed E-state index contributed by atoms with van der Waals surface area (Å²) < 4.78 is 5.42. The Kier molecular flexibility index (Phi) is 7.85. The van der Waals surface area contributed by atoms with Crippen molar-refractivity contribution < 1.29 is 14.3 Å². The quantitative estimate of drug-likeness (QED) is 0.484. The zero-order chi connectivity index (χ0) is 23.2. The fourth-order valence-corrected chi connectivity index (χ4v) is 5.18. The standard InChI is InChI=1S/C22H23Cl2N5O3S/c23-16-7-14(8-17(24)9-16)11-32-22(31)29-5-2-15(3-6-29)21-28-19(12-33-21)20(30)26-4-1-18-10-25-13-27-18/h7-10,12-13,15H,1-6,11H2,(H,25,27)(H,26,30). The van der Waals surface area contributed by atoms with Crippen molar-refractivity contribution in [2.45, 2.75) is 31.8 Å². The summed E-state index contributed by atoms with van der Waals surface area (Å²) in [5.41, 5.74) is 2.07. The van der Waals surface area contributed by atoms with E-state index in [1.54, 1.807) is 34.8 Å². The van der Waals surface area contributed by atoms with Crippen molar-refractivity contribution in [1.29, 1.82) is 0 Å². The molecule has 3 aromatic rings. The third-order valence-electron chi connectivity index (χ3n) is 5.36. The van der Waals surface area contributed by atoms with E-state index in [0.29, 0.717) is 41.8 Å². The van der Waals surface area contributed by atoms with Gasteiger partial charge in [-0.1, -0.05) is 23.2 Å². The number of hydrogen-bond acceptors (Lipinski definition) is 6. The number of nitrogens with zero attached hydrogens (tertiary/aromatic N) is 3. The maximum atomic E-state index is 12.4. The highest BCUT2D eigenvalue weighted by molar-refractivity contribution is 7.09. The number of aromatic nitrogens is 3. The lowest BCUT2D eigenvalue weighted by molar-refractivity contribution is 0.0870. The van der Waals surface area contributed by atoms with Gasteiger partial charge in [-0.05, 0) is 36.6 Å². The van der Waals surface area contributed by atoms with Gasteiger partial charge in [0.15, 0.2) is 0 Å². The number of H-pyrrole nitrogens is 1. The highest BCUT2D eigenvalue weighted by atomic mass is 35.5. The van der Waals surface area contributed by atoms with E-state index in [1.165, 1.54) is 11.3 Å². The number of nitrogens with one attached hydrogen (secondary N) is 2. The molecule has 1 saturated heterocycles. The highest BCUT2D eigenvalue weighted by Gasteiger charge is 2.27. The minimum Gasteiger partial charge on any atom is -0.445 e. The van der Waals surface area contributed by atoms with Gasteiger partial charge in [0.1, 0.15) is 12.3 Å². The van der Waals surface area contributed by atoms with Crippen molar-refractivity contribution in [3.63, 3.8) is 0 Å². The lowest BCUT2D eigenvalue weighted by atomic mass is 9.98. The van der Waals surface area contributed by atoms with E-state index in [2.05, 4.69) is 20.3 Å². The normalized spacial score (nSPS) is 14.3. The molecule has 2 N–H and O–H groups in total. The van der Waals surface area contributed by atoms with Crippen molar-refractivity contribution in [2.75, 3.05) is 19.6 Å². The van der Waals surface area contributed by atoms with Crippen LogP contribution in [0.15, 0.2) is 36.1 Å². The van der Waals surface area contributed by atoms with Crippen molar-refractivity contribution in [2.24, 2.45) is 0 Å². The van der Waals surface area contributed by atoms with Gasteiger partial charge in [-0.3, -0.25) is 4.79 Å². The molecule has 4 rings (SSSR count). The van der Waals surface area contributed by atoms with Crippen LogP contribution in [0.1, 0.15) is 45.5 Å². The van der Waals surface area contributed by atoms with Gasteiger partial charge in [0, 0.05) is 53.6 Å². The first-order valence-electron chi connectivity index (χ1n) is 10.6. The van der Waals surface area contributed by atoms with Crippen LogP contribution in [-0.2, 0) is 17.8 Å². The van der Waals surface area contributed by atoms with Gasteiger partial charge in [0.25, 0.3) is 5.91 Å². The van der Waals surface area contributed by atoms with Gasteiger partial charge in [-0.2, -0.15) is 0 Å². The number of likely N-dealkylation sites (tertiary alicyclic amines) is 1. The second kappa shape index (κ2) is 11.0. The van der Waals surface area contributed by atoms with E-state index in [1.807, 2.05) is 6.20 Å². The second-order valence-electron chi connectivity index (χ2n) is 7.73. The number of benzene rings is 1. The smallest absolute Gasteiger partial charge is 0.410 e. The number of hydrogen-bond donors (Lipinski definition) is 2. The van der Waals surface area contributed by atoms with Crippen molar-refractivity contribution in [3.8, 4) is 0 Å². The average Bonchev–Trinajstić information content (AvgIpc) is 3.49. The molecule has 0 aliphatic carbocycles. The summed E-state index contributed by atoms with van der Waals surface area (Å²) in [6.07, 6.45) is 5.26. The fourth-order valence-electron chi connectivity index (χ4n) is 3.64. The Labute approximate surface area is 205 Å². The summed E-state index contributed by atoms with van der Waals surface area (Å²) >= 11 is 13.5. The Morgan fingerprint density at radius 1 is 1.21 bits per heavy atom. The molecule has 2 aromatic heterocycles. The number of ether oxygens (including phenoxy) is 1. The van der Waals surface area contributed by atoms with Gasteiger partial charge in [0.2, 0.25) is 0 Å². The van der Waals surface area contributed by atoms with Crippen LogP contribution in [0.3, 0.4) is 0 Å². The number of carbonyl (C=O) groups excluding carboxylic acids is 2. The monoisotopic (exact) mass is 507 g/mol. The Bertz CT molecular complexity index is 1080. The summed E-state index contributed by atoms with van der Waals surface area (Å²) in [5.74, 6) is 0.0339. The van der Waals surface area contributed by atoms with Crippen LogP contribution < -0.4 is 5.32 Å². The molecule has 174 valence electrons. The highest BCUT2D eigenvalue weighted by Crippen LogP contribution is 2.30. The number of thiazole rings is 1. The molecule has 0 spiro atoms. The molecule has 0 atom stereocenters. The molecule has 1 fully saturated rings. The molecule has 0 saturated carbocycles. The number of rotatable bonds is 7. The molecule has 33 heavy (non-hydrogen) atoms. The molecular weight excluding hydrogens is 485 g/mol. The number of amides is 2. The lowest BCUT2D eigenvalue weighted by Gasteiger charge is -2.30. The van der Waals surface area contributed by atoms with Crippen LogP contribution in [0.25, 0.3) is 0 Å². The van der Waals surface area contributed by atoms with Crippen LogP contribution in [0, 0.1) is 0 Å². The van der Waals surface area contributed by atoms with Crippen LogP contribution in [-0.4, -0.2) is 51.5 Å². The molecule has 0 bridgehead atoms. The van der Waals surface area contributed by atoms with Gasteiger partial charge < -0.3 is 19.9 Å². The van der Waals surface area contributed by atoms with Crippen LogP contribution >= 0.6 is 34.5 Å². The predicted octanol–water partition coefficient (Wildman–Crippen LogP) is 4.66. The third kappa shape index (κ3) is 6.46. The van der Waals surface area contributed by atoms with Crippen molar-refractivity contribution in [1.82, 2.24) is 25.2 Å². The van der Waals surface area contributed by atoms with Gasteiger partial charge in [-0.15, -0.1) is 11.3 Å². The summed E-state index contributed by atoms with van der Waals surface area (Å²) in [6.45, 7) is 1.76. The Morgan fingerprint density at radius 3 is 2.67 bits per heavy atom. The predicted molar refractivity (Wildman–Crippen MR) is 127 cm³/mol. The molecule has 11 heteroatoms. The number of halogens is 2. The number of piperidine rings is 1. The minimum absolute atomic E-state index is 0.115. The third-order valence-corrected chi connectivity index (χ3v) is 6.81. The molecular formula is C22H23Cl2N5O3S. The largest absolute Gasteiger partial charge is 0.445 e. The maximum absolute atomic E-state index is 12.4. The molecule has 1 aliphatic rings. The molecule has 1 aliphatic heterocycles. The Balaban J connectivity index is 1.22. The number of carbonyl (C=O) groups is 2. The average molecular weight is 508 g/mol. The van der Waals surface area contributed by atoms with Gasteiger partial charge in [-0.25, -0.2) is 14.8 Å². The number of imidazole rings is 1. The Hall–Kier alpha value is -2.62. The summed E-state index contributed by atoms with van der Waals surface area (Å²) in [7, 11) is 0. The summed E-state index contributed by atoms with van der Waals surface area (Å²) in [6, 6.07) is 5.08. The first kappa shape index (κ1) is 23.5. The topological polar surface area (TPSA) is 100 Å². The fraction of sp³-hybridized carbons (Fsp3) is 0.364. The van der Waals surface area contributed by atoms with Crippen molar-refractivity contribution in [3.05, 3.63) is 68.1 Å². The maximum Gasteiger partial charge on any atom is 0.410 e. The molecule has 0 radical (unpaired) electrons. The first-order chi connectivity index (χ1) is 16.0. The molecule has 8 nitrogen and oxygen atoms in total. The summed E-state index contributed by atoms with van der Waals surface area (Å²) in [5, 5.41) is 6.59. The van der Waals surface area contributed by atoms with E-state index >= 15 is 0 Å². The SMILES string of the molecule is O=C(NCCc1c[nH]cn1)c1csc(C2CCN(C(=O)OCc3cc(Cl)cc(Cl)c3)CC2)n1. The first-order valence-corrected chi connectivity index (χ1v) is 12.2. The van der Waals surface area contributed by atoms with E-state index in [0.717, 1.165) is 29.1 Å². The second-order valence-corrected chi connectivity index (χ2v) is 9.49. The molecule has 3 heterocycles. The molecule has 2 amide bonds. The van der Waals surface area contributed by atoms with Crippen LogP contribution in [0.5, 0.6) is 0 Å². The lowest BCUT2D eigenvalue weighted by Crippen LogP contribution is -2.38. The minimum atomic E-state index is -0.360. The zero-order valence-electron chi connectivity index (χ0n) is 17.7. The Morgan fingerprint density at radius 2 is 1.97 bits per heavy atom. The summed E-state index contributed by atoms with van der Waals surface area (Å²) in [4.78, 5) is 38.0. The zero-order valence-corrected chi connectivity index (χ0v) is 20.1. The van der Waals surface area contributed by atoms with E-state index in [4.69, 9.17) is 27.9 Å². The molecule has 0 unspecified atom stereocenters. The molecule has 1 aromatic carbocycles. The van der Waals surface area contributed by atoms with Gasteiger partial charge in [0.05, 0.1) is 17.0 Å². The van der Waals surface area contributed by atoms with E-state index < -0.39 is 0 Å². The van der Waals surface area contributed by atoms with Crippen LogP contribution in [0.2, 0.25) is 10.0 Å². The van der Waals surface area contributed by atoms with Crippen LogP contribution in [0.4, 0.5) is 4.79 Å². The van der Waals surface area contributed by atoms with Crippen molar-refractivity contribution >= 4 is 46.5 Å². The van der Waals surface area contributed by atoms with Gasteiger partial charge >= 0.3 is 6.09 Å². The van der Waals surface area contributed by atoms with E-state index in [9.17, 15) is 9.59 Å². The number of aromatic amines is 1.